The van der Waals surface area contributed by atoms with E-state index in [0.29, 0.717) is 6.54 Å². The monoisotopic (exact) mass is 445 g/mol. The molecule has 0 unspecified atom stereocenters. The highest BCUT2D eigenvalue weighted by molar-refractivity contribution is 8.00. The molecule has 0 radical (unpaired) electrons. The molecule has 1 aliphatic heterocycles. The molecule has 1 aliphatic rings. The Kier molecular flexibility index (Phi) is 6.99. The number of ether oxygens (including phenoxy) is 1. The Morgan fingerprint density at radius 1 is 1.23 bits per heavy atom. The highest BCUT2D eigenvalue weighted by Crippen LogP contribution is 2.30. The van der Waals surface area contributed by atoms with Crippen LogP contribution in [0.1, 0.15) is 5.56 Å². The molecule has 4 rings (SSSR count). The number of rotatable bonds is 7. The molecule has 2 aromatic carbocycles. The number of thiazole rings is 1. The Bertz CT molecular complexity index is 1000. The number of morpholine rings is 1. The topological polar surface area (TPSA) is 45.7 Å². The van der Waals surface area contributed by atoms with Crippen LogP contribution in [-0.2, 0) is 9.53 Å². The summed E-state index contributed by atoms with van der Waals surface area (Å²) in [5.41, 5.74) is 2.09. The van der Waals surface area contributed by atoms with Gasteiger partial charge in [0.05, 0.1) is 29.2 Å². The smallest absolute Gasteiger partial charge is 0.239 e. The second kappa shape index (κ2) is 9.87. The van der Waals surface area contributed by atoms with Crippen molar-refractivity contribution < 1.29 is 13.9 Å². The van der Waals surface area contributed by atoms with E-state index >= 15 is 0 Å². The Hall–Kier alpha value is -2.00. The van der Waals surface area contributed by atoms with Gasteiger partial charge in [-0.15, -0.1) is 11.8 Å². The first-order valence-corrected chi connectivity index (χ1v) is 11.7. The van der Waals surface area contributed by atoms with Gasteiger partial charge in [-0.25, -0.2) is 9.37 Å². The molecule has 0 saturated carbocycles. The largest absolute Gasteiger partial charge is 0.379 e. The minimum Gasteiger partial charge on any atom is -0.379 e. The van der Waals surface area contributed by atoms with Crippen molar-refractivity contribution in [2.75, 3.05) is 50.0 Å². The van der Waals surface area contributed by atoms with Crippen LogP contribution in [0, 0.1) is 12.7 Å². The number of aromatic nitrogens is 1. The van der Waals surface area contributed by atoms with Crippen molar-refractivity contribution in [1.29, 1.82) is 0 Å². The molecule has 5 nitrogen and oxygen atoms in total. The molecule has 1 saturated heterocycles. The Morgan fingerprint density at radius 3 is 2.77 bits per heavy atom. The van der Waals surface area contributed by atoms with Crippen LogP contribution in [0.3, 0.4) is 0 Å². The fourth-order valence-electron chi connectivity index (χ4n) is 3.28. The van der Waals surface area contributed by atoms with Crippen molar-refractivity contribution in [2.24, 2.45) is 0 Å². The van der Waals surface area contributed by atoms with Gasteiger partial charge in [0.15, 0.2) is 5.13 Å². The summed E-state index contributed by atoms with van der Waals surface area (Å²) in [4.78, 5) is 22.9. The van der Waals surface area contributed by atoms with Gasteiger partial charge in [0.25, 0.3) is 0 Å². The van der Waals surface area contributed by atoms with E-state index in [2.05, 4.69) is 17.9 Å². The van der Waals surface area contributed by atoms with Crippen molar-refractivity contribution in [3.05, 3.63) is 53.8 Å². The maximum Gasteiger partial charge on any atom is 0.239 e. The van der Waals surface area contributed by atoms with Crippen molar-refractivity contribution in [1.82, 2.24) is 9.88 Å². The average molecular weight is 446 g/mol. The molecule has 30 heavy (non-hydrogen) atoms. The quantitative estimate of drug-likeness (QED) is 0.510. The molecule has 2 heterocycles. The zero-order valence-corrected chi connectivity index (χ0v) is 18.5. The predicted octanol–water partition coefficient (Wildman–Crippen LogP) is 4.20. The maximum atomic E-state index is 13.2. The number of hydrogen-bond donors (Lipinski definition) is 0. The molecule has 0 atom stereocenters. The number of thioether (sulfide) groups is 1. The van der Waals surface area contributed by atoms with E-state index in [-0.39, 0.29) is 17.5 Å². The van der Waals surface area contributed by atoms with Crippen LogP contribution in [0.25, 0.3) is 10.2 Å². The van der Waals surface area contributed by atoms with Crippen LogP contribution in [-0.4, -0.2) is 60.9 Å². The van der Waals surface area contributed by atoms with Gasteiger partial charge < -0.3 is 4.74 Å². The Morgan fingerprint density at radius 2 is 2.00 bits per heavy atom. The third-order valence-electron chi connectivity index (χ3n) is 4.98. The average Bonchev–Trinajstić information content (AvgIpc) is 3.17. The van der Waals surface area contributed by atoms with Crippen molar-refractivity contribution in [3.63, 3.8) is 0 Å². The summed E-state index contributed by atoms with van der Waals surface area (Å²) in [5.74, 6) is 0.0138. The van der Waals surface area contributed by atoms with Crippen molar-refractivity contribution in [2.45, 2.75) is 11.8 Å². The van der Waals surface area contributed by atoms with Crippen LogP contribution in [0.2, 0.25) is 0 Å². The summed E-state index contributed by atoms with van der Waals surface area (Å²) in [6.07, 6.45) is 0. The van der Waals surface area contributed by atoms with E-state index in [0.717, 1.165) is 53.1 Å². The summed E-state index contributed by atoms with van der Waals surface area (Å²) in [6, 6.07) is 12.4. The molecule has 3 aromatic rings. The number of nitrogens with zero attached hydrogens (tertiary/aromatic N) is 3. The first-order chi connectivity index (χ1) is 14.6. The third kappa shape index (κ3) is 5.37. The minimum absolute atomic E-state index is 0.00774. The Balaban J connectivity index is 1.50. The fraction of sp³-hybridized carbons (Fsp3) is 0.364. The molecule has 1 amide bonds. The standard InChI is InChI=1S/C22H24FN3O2S2/c1-16-2-7-19-20(14-16)30-22(24-19)26(9-8-25-10-12-28-13-11-25)21(27)15-29-18-5-3-17(23)4-6-18/h2-7,14H,8-13,15H2,1H3. The van der Waals surface area contributed by atoms with Crippen LogP contribution in [0.15, 0.2) is 47.4 Å². The van der Waals surface area contributed by atoms with Gasteiger partial charge in [-0.2, -0.15) is 0 Å². The SMILES string of the molecule is Cc1ccc2nc(N(CCN3CCOCC3)C(=O)CSc3ccc(F)cc3)sc2c1. The molecule has 0 aliphatic carbocycles. The number of halogens is 1. The van der Waals surface area contributed by atoms with Crippen molar-refractivity contribution in [3.8, 4) is 0 Å². The van der Waals surface area contributed by atoms with Gasteiger partial charge in [0.2, 0.25) is 5.91 Å². The normalized spacial score (nSPS) is 14.9. The summed E-state index contributed by atoms with van der Waals surface area (Å²) < 4.78 is 19.6. The third-order valence-corrected chi connectivity index (χ3v) is 7.02. The highest BCUT2D eigenvalue weighted by Gasteiger charge is 2.21. The number of hydrogen-bond acceptors (Lipinski definition) is 6. The number of benzene rings is 2. The van der Waals surface area contributed by atoms with E-state index in [4.69, 9.17) is 9.72 Å². The highest BCUT2D eigenvalue weighted by atomic mass is 32.2. The number of carbonyl (C=O) groups excluding carboxylic acids is 1. The lowest BCUT2D eigenvalue weighted by molar-refractivity contribution is -0.116. The van der Waals surface area contributed by atoms with Gasteiger partial charge in [-0.3, -0.25) is 14.6 Å². The first-order valence-electron chi connectivity index (χ1n) is 9.94. The molecule has 1 fully saturated rings. The number of amides is 1. The van der Waals surface area contributed by atoms with E-state index in [1.165, 1.54) is 29.5 Å². The molecule has 1 aromatic heterocycles. The summed E-state index contributed by atoms with van der Waals surface area (Å²) in [5, 5.41) is 0.730. The van der Waals surface area contributed by atoms with E-state index in [1.54, 1.807) is 28.4 Å². The van der Waals surface area contributed by atoms with Gasteiger partial charge in [-0.1, -0.05) is 17.4 Å². The number of fused-ring (bicyclic) bond motifs is 1. The molecule has 158 valence electrons. The first kappa shape index (κ1) is 21.2. The van der Waals surface area contributed by atoms with Gasteiger partial charge in [0, 0.05) is 31.1 Å². The van der Waals surface area contributed by atoms with Crippen LogP contribution in [0.4, 0.5) is 9.52 Å². The molecule has 0 bridgehead atoms. The second-order valence-corrected chi connectivity index (χ2v) is 9.27. The second-order valence-electron chi connectivity index (χ2n) is 7.21. The van der Waals surface area contributed by atoms with Gasteiger partial charge in [0.1, 0.15) is 5.82 Å². The minimum atomic E-state index is -0.275. The van der Waals surface area contributed by atoms with E-state index in [1.807, 2.05) is 12.1 Å². The summed E-state index contributed by atoms with van der Waals surface area (Å²) in [6.45, 7) is 6.65. The van der Waals surface area contributed by atoms with Crippen molar-refractivity contribution >= 4 is 44.4 Å². The maximum absolute atomic E-state index is 13.2. The lowest BCUT2D eigenvalue weighted by Gasteiger charge is -2.29. The predicted molar refractivity (Wildman–Crippen MR) is 121 cm³/mol. The fourth-order valence-corrected chi connectivity index (χ4v) is 5.16. The molecule has 0 spiro atoms. The lowest BCUT2D eigenvalue weighted by Crippen LogP contribution is -2.43. The summed E-state index contributed by atoms with van der Waals surface area (Å²) in [7, 11) is 0. The Labute approximate surface area is 183 Å². The molecular formula is C22H24FN3O2S2. The summed E-state index contributed by atoms with van der Waals surface area (Å²) >= 11 is 2.97. The molecule has 0 N–H and O–H groups in total. The molecular weight excluding hydrogens is 421 g/mol. The number of anilines is 1. The zero-order valence-electron chi connectivity index (χ0n) is 16.8. The van der Waals surface area contributed by atoms with E-state index in [9.17, 15) is 9.18 Å². The molecule has 8 heteroatoms. The van der Waals surface area contributed by atoms with Crippen LogP contribution in [0.5, 0.6) is 0 Å². The number of carbonyl (C=O) groups is 1. The number of aryl methyl sites for hydroxylation is 1. The van der Waals surface area contributed by atoms with Crippen LogP contribution >= 0.6 is 23.1 Å². The zero-order chi connectivity index (χ0) is 20.9. The van der Waals surface area contributed by atoms with Crippen LogP contribution < -0.4 is 4.90 Å². The lowest BCUT2D eigenvalue weighted by atomic mass is 10.2. The van der Waals surface area contributed by atoms with Gasteiger partial charge >= 0.3 is 0 Å². The van der Waals surface area contributed by atoms with Gasteiger partial charge in [-0.05, 0) is 48.9 Å². The van der Waals surface area contributed by atoms with E-state index < -0.39 is 0 Å².